The lowest BCUT2D eigenvalue weighted by atomic mass is 9.98. The SMILES string of the molecule is CC1(C)CN(c2ccc(C#N)c(Cl)c2)CC(C)(C)O1. The molecule has 1 heterocycles. The molecule has 1 aromatic rings. The van der Waals surface area contributed by atoms with Crippen LogP contribution in [0, 0.1) is 11.3 Å². The van der Waals surface area contributed by atoms with Crippen molar-refractivity contribution in [1.29, 1.82) is 5.26 Å². The van der Waals surface area contributed by atoms with Gasteiger partial charge in [0.15, 0.2) is 0 Å². The maximum absolute atomic E-state index is 8.92. The summed E-state index contributed by atoms with van der Waals surface area (Å²) in [5.74, 6) is 0. The number of rotatable bonds is 1. The van der Waals surface area contributed by atoms with E-state index in [4.69, 9.17) is 21.6 Å². The van der Waals surface area contributed by atoms with E-state index < -0.39 is 0 Å². The molecular weight excluding hydrogens is 260 g/mol. The predicted octanol–water partition coefficient (Wildman–Crippen LogP) is 3.61. The third-order valence-corrected chi connectivity index (χ3v) is 3.45. The summed E-state index contributed by atoms with van der Waals surface area (Å²) in [4.78, 5) is 2.26. The van der Waals surface area contributed by atoms with Crippen molar-refractivity contribution < 1.29 is 4.74 Å². The van der Waals surface area contributed by atoms with Gasteiger partial charge in [-0.25, -0.2) is 0 Å². The second kappa shape index (κ2) is 4.70. The molecule has 0 aliphatic carbocycles. The van der Waals surface area contributed by atoms with Crippen LogP contribution in [0.3, 0.4) is 0 Å². The fourth-order valence-electron chi connectivity index (χ4n) is 2.76. The molecule has 1 aromatic carbocycles. The highest BCUT2D eigenvalue weighted by Gasteiger charge is 2.38. The minimum absolute atomic E-state index is 0.206. The third-order valence-electron chi connectivity index (χ3n) is 3.13. The molecule has 0 N–H and O–H groups in total. The lowest BCUT2D eigenvalue weighted by Gasteiger charge is -2.48. The fourth-order valence-corrected chi connectivity index (χ4v) is 2.98. The lowest BCUT2D eigenvalue weighted by molar-refractivity contribution is -0.133. The van der Waals surface area contributed by atoms with Crippen LogP contribution in [-0.2, 0) is 4.74 Å². The summed E-state index contributed by atoms with van der Waals surface area (Å²) in [6.07, 6.45) is 0. The maximum Gasteiger partial charge on any atom is 0.101 e. The Morgan fingerprint density at radius 3 is 2.26 bits per heavy atom. The van der Waals surface area contributed by atoms with Crippen LogP contribution in [0.1, 0.15) is 33.3 Å². The number of hydrogen-bond acceptors (Lipinski definition) is 3. The number of hydrogen-bond donors (Lipinski definition) is 0. The van der Waals surface area contributed by atoms with Crippen molar-refractivity contribution in [3.63, 3.8) is 0 Å². The molecule has 1 saturated heterocycles. The van der Waals surface area contributed by atoms with E-state index in [9.17, 15) is 0 Å². The van der Waals surface area contributed by atoms with E-state index >= 15 is 0 Å². The molecule has 2 rings (SSSR count). The molecule has 3 nitrogen and oxygen atoms in total. The largest absolute Gasteiger partial charge is 0.366 e. The standard InChI is InChI=1S/C15H19ClN2O/c1-14(2)9-18(10-15(3,4)19-14)12-6-5-11(8-17)13(16)7-12/h5-7H,9-10H2,1-4H3. The number of halogens is 1. The van der Waals surface area contributed by atoms with Crippen LogP contribution in [-0.4, -0.2) is 24.3 Å². The van der Waals surface area contributed by atoms with Gasteiger partial charge in [-0.15, -0.1) is 0 Å². The quantitative estimate of drug-likeness (QED) is 0.787. The van der Waals surface area contributed by atoms with Gasteiger partial charge in [-0.1, -0.05) is 11.6 Å². The smallest absolute Gasteiger partial charge is 0.101 e. The lowest BCUT2D eigenvalue weighted by Crippen LogP contribution is -2.57. The van der Waals surface area contributed by atoms with E-state index in [0.29, 0.717) is 10.6 Å². The van der Waals surface area contributed by atoms with Crippen LogP contribution >= 0.6 is 11.6 Å². The molecule has 0 atom stereocenters. The monoisotopic (exact) mass is 278 g/mol. The van der Waals surface area contributed by atoms with Crippen molar-refractivity contribution in [2.45, 2.75) is 38.9 Å². The van der Waals surface area contributed by atoms with Crippen molar-refractivity contribution in [3.05, 3.63) is 28.8 Å². The zero-order chi connectivity index (χ0) is 14.3. The highest BCUT2D eigenvalue weighted by molar-refractivity contribution is 6.32. The molecule has 0 bridgehead atoms. The van der Waals surface area contributed by atoms with E-state index in [0.717, 1.165) is 18.8 Å². The highest BCUT2D eigenvalue weighted by Crippen LogP contribution is 2.32. The van der Waals surface area contributed by atoms with Crippen LogP contribution in [0.2, 0.25) is 5.02 Å². The van der Waals surface area contributed by atoms with Gasteiger partial charge in [0, 0.05) is 18.8 Å². The number of anilines is 1. The first kappa shape index (κ1) is 14.2. The second-order valence-corrected chi connectivity index (χ2v) is 6.66. The molecule has 0 aromatic heterocycles. The number of nitriles is 1. The first-order valence-corrected chi connectivity index (χ1v) is 6.75. The van der Waals surface area contributed by atoms with Gasteiger partial charge >= 0.3 is 0 Å². The topological polar surface area (TPSA) is 36.3 Å². The second-order valence-electron chi connectivity index (χ2n) is 6.25. The number of benzene rings is 1. The Bertz CT molecular complexity index is 515. The van der Waals surface area contributed by atoms with Crippen molar-refractivity contribution in [1.82, 2.24) is 0 Å². The zero-order valence-electron chi connectivity index (χ0n) is 11.8. The summed E-state index contributed by atoms with van der Waals surface area (Å²) < 4.78 is 6.06. The third kappa shape index (κ3) is 3.20. The molecule has 0 unspecified atom stereocenters. The summed E-state index contributed by atoms with van der Waals surface area (Å²) in [5.41, 5.74) is 1.13. The van der Waals surface area contributed by atoms with Crippen LogP contribution in [0.4, 0.5) is 5.69 Å². The Morgan fingerprint density at radius 1 is 1.21 bits per heavy atom. The summed E-state index contributed by atoms with van der Waals surface area (Å²) in [7, 11) is 0. The fraction of sp³-hybridized carbons (Fsp3) is 0.533. The highest BCUT2D eigenvalue weighted by atomic mass is 35.5. The van der Waals surface area contributed by atoms with Crippen molar-refractivity contribution in [2.75, 3.05) is 18.0 Å². The Hall–Kier alpha value is -1.24. The van der Waals surface area contributed by atoms with E-state index in [1.807, 2.05) is 12.1 Å². The molecule has 4 heteroatoms. The molecular formula is C15H19ClN2O. The average molecular weight is 279 g/mol. The van der Waals surface area contributed by atoms with E-state index in [2.05, 4.69) is 38.7 Å². The van der Waals surface area contributed by atoms with Gasteiger partial charge in [0.25, 0.3) is 0 Å². The number of nitrogens with zero attached hydrogens (tertiary/aromatic N) is 2. The van der Waals surface area contributed by atoms with Gasteiger partial charge in [0.2, 0.25) is 0 Å². The maximum atomic E-state index is 8.92. The van der Waals surface area contributed by atoms with E-state index in [-0.39, 0.29) is 11.2 Å². The molecule has 0 radical (unpaired) electrons. The summed E-state index contributed by atoms with van der Waals surface area (Å²) in [6.45, 7) is 9.97. The minimum atomic E-state index is -0.206. The van der Waals surface area contributed by atoms with Gasteiger partial charge in [-0.05, 0) is 45.9 Å². The van der Waals surface area contributed by atoms with Crippen molar-refractivity contribution in [3.8, 4) is 6.07 Å². The number of ether oxygens (including phenoxy) is 1. The first-order valence-electron chi connectivity index (χ1n) is 6.37. The Labute approximate surface area is 119 Å². The van der Waals surface area contributed by atoms with E-state index in [1.54, 1.807) is 6.07 Å². The van der Waals surface area contributed by atoms with Gasteiger partial charge in [-0.3, -0.25) is 0 Å². The number of morpholine rings is 1. The van der Waals surface area contributed by atoms with Crippen LogP contribution < -0.4 is 4.90 Å². The Morgan fingerprint density at radius 2 is 1.79 bits per heavy atom. The molecule has 0 saturated carbocycles. The normalized spacial score (nSPS) is 20.9. The van der Waals surface area contributed by atoms with Gasteiger partial charge < -0.3 is 9.64 Å². The zero-order valence-corrected chi connectivity index (χ0v) is 12.6. The predicted molar refractivity (Wildman–Crippen MR) is 77.6 cm³/mol. The van der Waals surface area contributed by atoms with Crippen LogP contribution in [0.5, 0.6) is 0 Å². The molecule has 102 valence electrons. The molecule has 19 heavy (non-hydrogen) atoms. The van der Waals surface area contributed by atoms with Crippen LogP contribution in [0.25, 0.3) is 0 Å². The van der Waals surface area contributed by atoms with Crippen LogP contribution in [0.15, 0.2) is 18.2 Å². The summed E-state index contributed by atoms with van der Waals surface area (Å²) in [5, 5.41) is 9.42. The van der Waals surface area contributed by atoms with Crippen molar-refractivity contribution >= 4 is 17.3 Å². The average Bonchev–Trinajstić information content (AvgIpc) is 2.24. The molecule has 1 aliphatic heterocycles. The summed E-state index contributed by atoms with van der Waals surface area (Å²) >= 11 is 6.11. The van der Waals surface area contributed by atoms with Gasteiger partial charge in [0.1, 0.15) is 6.07 Å². The molecule has 1 aliphatic rings. The molecule has 0 amide bonds. The Balaban J connectivity index is 2.31. The minimum Gasteiger partial charge on any atom is -0.366 e. The Kier molecular flexibility index (Phi) is 3.51. The van der Waals surface area contributed by atoms with Gasteiger partial charge in [0.05, 0.1) is 21.8 Å². The summed E-state index contributed by atoms with van der Waals surface area (Å²) in [6, 6.07) is 7.66. The molecule has 0 spiro atoms. The van der Waals surface area contributed by atoms with E-state index in [1.165, 1.54) is 0 Å². The first-order chi connectivity index (χ1) is 8.72. The molecule has 1 fully saturated rings. The van der Waals surface area contributed by atoms with Gasteiger partial charge in [-0.2, -0.15) is 5.26 Å². The van der Waals surface area contributed by atoms with Crippen molar-refractivity contribution in [2.24, 2.45) is 0 Å².